The van der Waals surface area contributed by atoms with E-state index in [-0.39, 0.29) is 12.5 Å². The second kappa shape index (κ2) is 4.16. The molecular formula is C9H16N4O2. The molecule has 0 bridgehead atoms. The number of hydrogen-bond acceptors (Lipinski definition) is 4. The highest BCUT2D eigenvalue weighted by Crippen LogP contribution is 2.25. The monoisotopic (exact) mass is 212 g/mol. The number of nitrogens with two attached hydrogens (primary N) is 1. The van der Waals surface area contributed by atoms with Crippen LogP contribution >= 0.6 is 0 Å². The quantitative estimate of drug-likeness (QED) is 0.511. The Morgan fingerprint density at radius 3 is 2.47 bits per heavy atom. The van der Waals surface area contributed by atoms with Crippen molar-refractivity contribution in [1.82, 2.24) is 15.5 Å². The number of fused-ring (bicyclic) bond motifs is 1. The Labute approximate surface area is 88.2 Å². The summed E-state index contributed by atoms with van der Waals surface area (Å²) in [7, 11) is 0. The van der Waals surface area contributed by atoms with Gasteiger partial charge in [-0.05, 0) is 24.9 Å². The summed E-state index contributed by atoms with van der Waals surface area (Å²) in [6, 6.07) is -0.777. The fourth-order valence-electron chi connectivity index (χ4n) is 2.46. The average molecular weight is 212 g/mol. The highest BCUT2D eigenvalue weighted by atomic mass is 16.2. The zero-order valence-electron chi connectivity index (χ0n) is 8.53. The van der Waals surface area contributed by atoms with Crippen LogP contribution in [0.15, 0.2) is 0 Å². The van der Waals surface area contributed by atoms with Gasteiger partial charge in [-0.2, -0.15) is 0 Å². The Balaban J connectivity index is 1.77. The van der Waals surface area contributed by atoms with Crippen LogP contribution in [0.5, 0.6) is 0 Å². The van der Waals surface area contributed by atoms with E-state index < -0.39 is 6.03 Å². The molecule has 4 N–H and O–H groups in total. The third-order valence-electron chi connectivity index (χ3n) is 3.09. The molecule has 2 saturated heterocycles. The molecule has 3 amide bonds. The second-order valence-corrected chi connectivity index (χ2v) is 4.28. The van der Waals surface area contributed by atoms with Gasteiger partial charge in [0.15, 0.2) is 0 Å². The first-order valence-corrected chi connectivity index (χ1v) is 5.17. The number of carbonyl (C=O) groups excluding carboxylic acids is 2. The minimum atomic E-state index is -0.777. The van der Waals surface area contributed by atoms with Crippen molar-refractivity contribution < 1.29 is 9.59 Å². The van der Waals surface area contributed by atoms with Gasteiger partial charge >= 0.3 is 6.03 Å². The molecule has 0 aromatic carbocycles. The number of rotatable bonds is 2. The third-order valence-corrected chi connectivity index (χ3v) is 3.09. The van der Waals surface area contributed by atoms with Crippen LogP contribution in [0, 0.1) is 11.8 Å². The molecule has 0 aromatic heterocycles. The van der Waals surface area contributed by atoms with Gasteiger partial charge in [0, 0.05) is 13.1 Å². The first kappa shape index (κ1) is 10.4. The highest BCUT2D eigenvalue weighted by Gasteiger charge is 2.36. The van der Waals surface area contributed by atoms with Crippen LogP contribution in [-0.2, 0) is 4.79 Å². The fourth-order valence-corrected chi connectivity index (χ4v) is 2.46. The van der Waals surface area contributed by atoms with Crippen molar-refractivity contribution in [2.45, 2.75) is 0 Å². The molecule has 2 rings (SSSR count). The molecule has 2 atom stereocenters. The van der Waals surface area contributed by atoms with Gasteiger partial charge in [-0.25, -0.2) is 4.79 Å². The maximum absolute atomic E-state index is 11.3. The maximum Gasteiger partial charge on any atom is 0.318 e. The van der Waals surface area contributed by atoms with E-state index in [0.29, 0.717) is 11.8 Å². The first-order chi connectivity index (χ1) is 7.15. The molecule has 0 radical (unpaired) electrons. The SMILES string of the molecule is NC(=O)NC(=O)CN1C[C@H]2CNC[C@H]2C1. The van der Waals surface area contributed by atoms with E-state index in [0.717, 1.165) is 26.2 Å². The van der Waals surface area contributed by atoms with Crippen LogP contribution in [0.2, 0.25) is 0 Å². The number of urea groups is 1. The molecule has 0 unspecified atom stereocenters. The van der Waals surface area contributed by atoms with Crippen molar-refractivity contribution in [1.29, 1.82) is 0 Å². The van der Waals surface area contributed by atoms with Crippen molar-refractivity contribution in [3.05, 3.63) is 0 Å². The molecule has 0 spiro atoms. The summed E-state index contributed by atoms with van der Waals surface area (Å²) < 4.78 is 0. The van der Waals surface area contributed by atoms with E-state index >= 15 is 0 Å². The molecule has 2 aliphatic heterocycles. The van der Waals surface area contributed by atoms with Gasteiger partial charge in [0.1, 0.15) is 0 Å². The molecule has 0 aliphatic carbocycles. The van der Waals surface area contributed by atoms with Crippen molar-refractivity contribution in [3.63, 3.8) is 0 Å². The number of carbonyl (C=O) groups is 2. The minimum absolute atomic E-state index is 0.274. The summed E-state index contributed by atoms with van der Waals surface area (Å²) in [5.74, 6) is 1.01. The predicted molar refractivity (Wildman–Crippen MR) is 54.0 cm³/mol. The molecule has 84 valence electrons. The summed E-state index contributed by atoms with van der Waals surface area (Å²) in [5, 5.41) is 5.41. The van der Waals surface area contributed by atoms with Gasteiger partial charge in [0.2, 0.25) is 5.91 Å². The largest absolute Gasteiger partial charge is 0.351 e. The normalized spacial score (nSPS) is 30.1. The molecule has 2 fully saturated rings. The van der Waals surface area contributed by atoms with Gasteiger partial charge in [0.05, 0.1) is 6.54 Å². The second-order valence-electron chi connectivity index (χ2n) is 4.28. The number of primary amides is 1. The molecule has 6 heteroatoms. The molecule has 2 aliphatic rings. The van der Waals surface area contributed by atoms with Crippen LogP contribution in [-0.4, -0.2) is 49.6 Å². The predicted octanol–water partition coefficient (Wildman–Crippen LogP) is -1.67. The van der Waals surface area contributed by atoms with Crippen LogP contribution < -0.4 is 16.4 Å². The number of nitrogens with zero attached hydrogens (tertiary/aromatic N) is 1. The van der Waals surface area contributed by atoms with Crippen LogP contribution in [0.4, 0.5) is 4.79 Å². The summed E-state index contributed by atoms with van der Waals surface area (Å²) in [6.45, 7) is 4.22. The Kier molecular flexibility index (Phi) is 2.88. The lowest BCUT2D eigenvalue weighted by molar-refractivity contribution is -0.120. The third kappa shape index (κ3) is 2.45. The zero-order chi connectivity index (χ0) is 10.8. The molecule has 2 heterocycles. The van der Waals surface area contributed by atoms with Crippen molar-refractivity contribution in [2.24, 2.45) is 17.6 Å². The van der Waals surface area contributed by atoms with Crippen LogP contribution in [0.25, 0.3) is 0 Å². The number of hydrogen-bond donors (Lipinski definition) is 3. The number of nitrogens with one attached hydrogen (secondary N) is 2. The summed E-state index contributed by atoms with van der Waals surface area (Å²) >= 11 is 0. The van der Waals surface area contributed by atoms with E-state index in [4.69, 9.17) is 5.73 Å². The van der Waals surface area contributed by atoms with E-state index in [1.165, 1.54) is 0 Å². The van der Waals surface area contributed by atoms with Crippen molar-refractivity contribution in [2.75, 3.05) is 32.7 Å². The number of likely N-dealkylation sites (tertiary alicyclic amines) is 1. The Morgan fingerprint density at radius 1 is 1.33 bits per heavy atom. The Hall–Kier alpha value is -1.14. The van der Waals surface area contributed by atoms with E-state index in [1.807, 2.05) is 0 Å². The van der Waals surface area contributed by atoms with E-state index in [2.05, 4.69) is 15.5 Å². The smallest absolute Gasteiger partial charge is 0.318 e. The minimum Gasteiger partial charge on any atom is -0.351 e. The molecule has 15 heavy (non-hydrogen) atoms. The van der Waals surface area contributed by atoms with Crippen molar-refractivity contribution in [3.8, 4) is 0 Å². The van der Waals surface area contributed by atoms with Crippen molar-refractivity contribution >= 4 is 11.9 Å². The summed E-state index contributed by atoms with van der Waals surface area (Å²) in [6.07, 6.45) is 0. The first-order valence-electron chi connectivity index (χ1n) is 5.17. The summed E-state index contributed by atoms with van der Waals surface area (Å²) in [4.78, 5) is 23.8. The van der Waals surface area contributed by atoms with Crippen LogP contribution in [0.1, 0.15) is 0 Å². The lowest BCUT2D eigenvalue weighted by Gasteiger charge is -2.15. The number of imide groups is 1. The Bertz CT molecular complexity index is 269. The summed E-state index contributed by atoms with van der Waals surface area (Å²) in [5.41, 5.74) is 4.86. The zero-order valence-corrected chi connectivity index (χ0v) is 8.53. The van der Waals surface area contributed by atoms with E-state index in [9.17, 15) is 9.59 Å². The maximum atomic E-state index is 11.3. The molecular weight excluding hydrogens is 196 g/mol. The molecule has 0 aromatic rings. The van der Waals surface area contributed by atoms with Gasteiger partial charge in [-0.15, -0.1) is 0 Å². The average Bonchev–Trinajstić information content (AvgIpc) is 2.60. The molecule has 6 nitrogen and oxygen atoms in total. The van der Waals surface area contributed by atoms with Gasteiger partial charge < -0.3 is 11.1 Å². The topological polar surface area (TPSA) is 87.5 Å². The van der Waals surface area contributed by atoms with Gasteiger partial charge in [-0.3, -0.25) is 15.0 Å². The lowest BCUT2D eigenvalue weighted by Crippen LogP contribution is -2.42. The fraction of sp³-hybridized carbons (Fsp3) is 0.778. The number of amides is 3. The standard InChI is InChI=1S/C9H16N4O2/c10-9(15)12-8(14)5-13-3-6-1-11-2-7(6)4-13/h6-7,11H,1-5H2,(H3,10,12,14,15)/t6-,7+. The Morgan fingerprint density at radius 2 is 1.93 bits per heavy atom. The molecule has 0 saturated carbocycles. The van der Waals surface area contributed by atoms with E-state index in [1.54, 1.807) is 0 Å². The van der Waals surface area contributed by atoms with Gasteiger partial charge in [0.25, 0.3) is 0 Å². The van der Waals surface area contributed by atoms with Gasteiger partial charge in [-0.1, -0.05) is 0 Å². The highest BCUT2D eigenvalue weighted by molar-refractivity contribution is 5.94. The van der Waals surface area contributed by atoms with Crippen LogP contribution in [0.3, 0.4) is 0 Å². The lowest BCUT2D eigenvalue weighted by atomic mass is 10.0.